The van der Waals surface area contributed by atoms with Gasteiger partial charge in [0.15, 0.2) is 11.4 Å². The van der Waals surface area contributed by atoms with Crippen LogP contribution in [0.25, 0.3) is 5.69 Å². The Hall–Kier alpha value is -2.34. The Morgan fingerprint density at radius 3 is 2.71 bits per heavy atom. The molecule has 1 aromatic heterocycles. The molecule has 2 aromatic rings. The van der Waals surface area contributed by atoms with Gasteiger partial charge in [0.1, 0.15) is 0 Å². The second-order valence-electron chi connectivity index (χ2n) is 4.51. The molecule has 1 heterocycles. The molecule has 0 aliphatic rings. The minimum Gasteiger partial charge on any atom is -0.490 e. The summed E-state index contributed by atoms with van der Waals surface area (Å²) in [6, 6.07) is 9.51. The molecule has 112 valence electrons. The van der Waals surface area contributed by atoms with Gasteiger partial charge < -0.3 is 14.7 Å². The highest BCUT2D eigenvalue weighted by molar-refractivity contribution is 5.94. The van der Waals surface area contributed by atoms with Crippen LogP contribution in [0.5, 0.6) is 5.75 Å². The van der Waals surface area contributed by atoms with Gasteiger partial charge in [0.05, 0.1) is 25.1 Å². The quantitative estimate of drug-likeness (QED) is 0.871. The average Bonchev–Trinajstić information content (AvgIpc) is 2.92. The van der Waals surface area contributed by atoms with Crippen molar-refractivity contribution in [1.29, 1.82) is 0 Å². The first kappa shape index (κ1) is 15.1. The second-order valence-corrected chi connectivity index (χ2v) is 4.51. The smallest absolute Gasteiger partial charge is 0.278 e. The molecule has 0 atom stereocenters. The highest BCUT2D eigenvalue weighted by atomic mass is 16.5. The second kappa shape index (κ2) is 6.90. The van der Waals surface area contributed by atoms with Crippen LogP contribution in [-0.2, 0) is 0 Å². The molecule has 6 heteroatoms. The van der Waals surface area contributed by atoms with Crippen molar-refractivity contribution in [1.82, 2.24) is 14.7 Å². The van der Waals surface area contributed by atoms with Gasteiger partial charge in [-0.15, -0.1) is 0 Å². The van der Waals surface area contributed by atoms with Gasteiger partial charge in [0.2, 0.25) is 0 Å². The Labute approximate surface area is 123 Å². The summed E-state index contributed by atoms with van der Waals surface area (Å²) >= 11 is 0. The van der Waals surface area contributed by atoms with E-state index in [1.165, 1.54) is 4.90 Å². The molecular weight excluding hydrogens is 270 g/mol. The number of carbonyl (C=O) groups is 1. The van der Waals surface area contributed by atoms with Crippen molar-refractivity contribution in [3.05, 3.63) is 42.2 Å². The molecular formula is C15H19N3O3. The molecule has 1 N–H and O–H groups in total. The Bertz CT molecular complexity index is 595. The number of para-hydroxylation sites is 1. The minimum absolute atomic E-state index is 0.0917. The van der Waals surface area contributed by atoms with Gasteiger partial charge in [-0.05, 0) is 19.1 Å². The van der Waals surface area contributed by atoms with E-state index >= 15 is 0 Å². The van der Waals surface area contributed by atoms with Crippen LogP contribution in [0, 0.1) is 0 Å². The minimum atomic E-state index is -0.276. The number of aliphatic hydroxyl groups excluding tert-OH is 1. The molecule has 21 heavy (non-hydrogen) atoms. The molecule has 0 fully saturated rings. The number of likely N-dealkylation sites (N-methyl/N-ethyl adjacent to an activating group) is 1. The molecule has 0 radical (unpaired) electrons. The number of amides is 1. The molecule has 0 saturated carbocycles. The van der Waals surface area contributed by atoms with E-state index < -0.39 is 0 Å². The van der Waals surface area contributed by atoms with Gasteiger partial charge in [-0.2, -0.15) is 5.10 Å². The number of hydrogen-bond donors (Lipinski definition) is 1. The van der Waals surface area contributed by atoms with Crippen LogP contribution in [0.4, 0.5) is 0 Å². The molecule has 1 amide bonds. The summed E-state index contributed by atoms with van der Waals surface area (Å²) in [5.41, 5.74) is 1.10. The largest absolute Gasteiger partial charge is 0.490 e. The van der Waals surface area contributed by atoms with E-state index in [2.05, 4.69) is 5.10 Å². The van der Waals surface area contributed by atoms with Crippen LogP contribution in [0.2, 0.25) is 0 Å². The van der Waals surface area contributed by atoms with E-state index in [0.717, 1.165) is 5.69 Å². The Morgan fingerprint density at radius 1 is 1.38 bits per heavy atom. The predicted molar refractivity (Wildman–Crippen MR) is 78.8 cm³/mol. The molecule has 0 spiro atoms. The maximum Gasteiger partial charge on any atom is 0.278 e. The van der Waals surface area contributed by atoms with Gasteiger partial charge in [-0.1, -0.05) is 18.2 Å². The maximum atomic E-state index is 12.3. The fourth-order valence-electron chi connectivity index (χ4n) is 1.91. The fraction of sp³-hybridized carbons (Fsp3) is 0.333. The van der Waals surface area contributed by atoms with E-state index in [0.29, 0.717) is 12.4 Å². The van der Waals surface area contributed by atoms with Crippen molar-refractivity contribution in [3.8, 4) is 11.4 Å². The highest BCUT2D eigenvalue weighted by Crippen LogP contribution is 2.21. The third kappa shape index (κ3) is 3.41. The number of ether oxygens (including phenoxy) is 1. The Morgan fingerprint density at radius 2 is 2.10 bits per heavy atom. The highest BCUT2D eigenvalue weighted by Gasteiger charge is 2.21. The van der Waals surface area contributed by atoms with Crippen LogP contribution in [-0.4, -0.2) is 52.5 Å². The van der Waals surface area contributed by atoms with Crippen LogP contribution in [0.15, 0.2) is 36.5 Å². The number of carbonyl (C=O) groups excluding carboxylic acids is 1. The molecule has 1 aromatic carbocycles. The summed E-state index contributed by atoms with van der Waals surface area (Å²) in [5, 5.41) is 13.3. The van der Waals surface area contributed by atoms with Gasteiger partial charge in [0.25, 0.3) is 5.91 Å². The lowest BCUT2D eigenvalue weighted by atomic mass is 10.3. The average molecular weight is 289 g/mol. The lowest BCUT2D eigenvalue weighted by molar-refractivity contribution is 0.0756. The molecule has 0 saturated heterocycles. The monoisotopic (exact) mass is 289 g/mol. The number of rotatable bonds is 6. The Kier molecular flexibility index (Phi) is 4.94. The summed E-state index contributed by atoms with van der Waals surface area (Å²) in [6.45, 7) is 2.46. The topological polar surface area (TPSA) is 67.6 Å². The predicted octanol–water partition coefficient (Wildman–Crippen LogP) is 1.34. The number of aliphatic hydroxyl groups is 1. The van der Waals surface area contributed by atoms with Crippen molar-refractivity contribution in [3.63, 3.8) is 0 Å². The number of nitrogens with zero attached hydrogens (tertiary/aromatic N) is 3. The maximum absolute atomic E-state index is 12.3. The zero-order valence-electron chi connectivity index (χ0n) is 12.2. The first-order chi connectivity index (χ1) is 10.2. The number of aromatic nitrogens is 2. The molecule has 0 aliphatic carbocycles. The number of benzene rings is 1. The lowest BCUT2D eigenvalue weighted by Gasteiger charge is -2.14. The standard InChI is InChI=1S/C15H19N3O3/c1-3-21-13-11-18(12-7-5-4-6-8-12)16-14(13)15(20)17(2)9-10-19/h4-8,11,19H,3,9-10H2,1-2H3. The molecule has 0 bridgehead atoms. The third-order valence-electron chi connectivity index (χ3n) is 2.99. The molecule has 0 aliphatic heterocycles. The summed E-state index contributed by atoms with van der Waals surface area (Å²) in [5.74, 6) is 0.165. The fourth-order valence-corrected chi connectivity index (χ4v) is 1.91. The Balaban J connectivity index is 2.36. The van der Waals surface area contributed by atoms with Crippen molar-refractivity contribution in [2.75, 3.05) is 26.8 Å². The van der Waals surface area contributed by atoms with Crippen molar-refractivity contribution >= 4 is 5.91 Å². The van der Waals surface area contributed by atoms with E-state index in [9.17, 15) is 4.79 Å². The van der Waals surface area contributed by atoms with Crippen molar-refractivity contribution in [2.24, 2.45) is 0 Å². The zero-order chi connectivity index (χ0) is 15.2. The first-order valence-corrected chi connectivity index (χ1v) is 6.81. The summed E-state index contributed by atoms with van der Waals surface area (Å²) in [6.07, 6.45) is 1.69. The summed E-state index contributed by atoms with van der Waals surface area (Å²) in [4.78, 5) is 13.8. The van der Waals surface area contributed by atoms with E-state index in [1.54, 1.807) is 17.9 Å². The van der Waals surface area contributed by atoms with Gasteiger partial charge in [-0.25, -0.2) is 4.68 Å². The van der Waals surface area contributed by atoms with E-state index in [-0.39, 0.29) is 24.8 Å². The van der Waals surface area contributed by atoms with Crippen LogP contribution in [0.1, 0.15) is 17.4 Å². The van der Waals surface area contributed by atoms with E-state index in [1.807, 2.05) is 37.3 Å². The third-order valence-corrected chi connectivity index (χ3v) is 2.99. The first-order valence-electron chi connectivity index (χ1n) is 6.81. The lowest BCUT2D eigenvalue weighted by Crippen LogP contribution is -2.30. The summed E-state index contributed by atoms with van der Waals surface area (Å²) < 4.78 is 7.11. The van der Waals surface area contributed by atoms with Crippen molar-refractivity contribution < 1.29 is 14.6 Å². The van der Waals surface area contributed by atoms with Gasteiger partial charge in [0, 0.05) is 13.6 Å². The van der Waals surface area contributed by atoms with Crippen molar-refractivity contribution in [2.45, 2.75) is 6.92 Å². The molecule has 0 unspecified atom stereocenters. The SMILES string of the molecule is CCOc1cn(-c2ccccc2)nc1C(=O)N(C)CCO. The summed E-state index contributed by atoms with van der Waals surface area (Å²) in [7, 11) is 1.62. The molecule has 2 rings (SSSR count). The van der Waals surface area contributed by atoms with Crippen LogP contribution < -0.4 is 4.74 Å². The normalized spacial score (nSPS) is 10.4. The molecule has 6 nitrogen and oxygen atoms in total. The van der Waals surface area contributed by atoms with Crippen LogP contribution >= 0.6 is 0 Å². The van der Waals surface area contributed by atoms with Gasteiger partial charge >= 0.3 is 0 Å². The van der Waals surface area contributed by atoms with Gasteiger partial charge in [-0.3, -0.25) is 4.79 Å². The zero-order valence-corrected chi connectivity index (χ0v) is 12.2. The van der Waals surface area contributed by atoms with E-state index in [4.69, 9.17) is 9.84 Å². The van der Waals surface area contributed by atoms with Crippen LogP contribution in [0.3, 0.4) is 0 Å². The number of hydrogen-bond acceptors (Lipinski definition) is 4.